The average molecular weight is 392 g/mol. The Morgan fingerprint density at radius 3 is 2.48 bits per heavy atom. The van der Waals surface area contributed by atoms with Crippen LogP contribution in [0, 0.1) is 11.8 Å². The fraction of sp³-hybridized carbons (Fsp3) is 0.938. The first-order valence-corrected chi connectivity index (χ1v) is 11.0. The number of hydrogen-bond donors (Lipinski definition) is 3. The molecule has 0 aromatic carbocycles. The molecule has 0 amide bonds. The third kappa shape index (κ3) is 4.51. The lowest BCUT2D eigenvalue weighted by molar-refractivity contribution is -0.0617. The molecule has 3 N–H and O–H groups in total. The Kier molecular flexibility index (Phi) is 6.02. The van der Waals surface area contributed by atoms with E-state index in [1.54, 1.807) is 0 Å². The number of fused-ring (bicyclic) bond motifs is 2. The third-order valence-corrected chi connectivity index (χ3v) is 6.75. The number of nitrogens with one attached hydrogen (secondary N) is 1. The van der Waals surface area contributed by atoms with Gasteiger partial charge in [0.15, 0.2) is 0 Å². The zero-order valence-corrected chi connectivity index (χ0v) is 16.3. The van der Waals surface area contributed by atoms with Crippen LogP contribution in [0.4, 0.5) is 0 Å². The summed E-state index contributed by atoms with van der Waals surface area (Å²) in [5, 5.41) is 3.49. The largest absolute Gasteiger partial charge is 0.394 e. The van der Waals surface area contributed by atoms with Gasteiger partial charge in [0.05, 0.1) is 4.99 Å². The molecule has 0 bridgehead atoms. The van der Waals surface area contributed by atoms with Crippen molar-refractivity contribution in [3.8, 4) is 0 Å². The van der Waals surface area contributed by atoms with Crippen LogP contribution in [0.1, 0.15) is 38.5 Å². The molecule has 0 radical (unpaired) electrons. The van der Waals surface area contributed by atoms with Crippen molar-refractivity contribution < 1.29 is 17.5 Å². The molecule has 4 saturated heterocycles. The van der Waals surface area contributed by atoms with Crippen LogP contribution in [0.25, 0.3) is 0 Å². The number of thiocarbonyl (C=S) groups is 1. The lowest BCUT2D eigenvalue weighted by Gasteiger charge is -2.60. The number of rotatable bonds is 1. The summed E-state index contributed by atoms with van der Waals surface area (Å²) >= 11 is 5.76. The Balaban J connectivity index is 0.000000324. The van der Waals surface area contributed by atoms with Crippen molar-refractivity contribution in [3.63, 3.8) is 0 Å². The first kappa shape index (κ1) is 19.4. The Morgan fingerprint density at radius 2 is 1.84 bits per heavy atom. The van der Waals surface area contributed by atoms with Crippen molar-refractivity contribution >= 4 is 27.6 Å². The first-order chi connectivity index (χ1) is 11.8. The van der Waals surface area contributed by atoms with E-state index in [-0.39, 0.29) is 0 Å². The number of piperidine rings is 4. The van der Waals surface area contributed by atoms with Gasteiger partial charge in [0.25, 0.3) is 0 Å². The standard InChI is InChI=1S/C16H27N3S.H2O4S/c1-17-12-8-14-13-5-3-7-18-6-2-4-11(16(13)18)10-19(14)15(20)9-12;1-5(2,3)4/h11-14,16-17H,2-10H2,1H3;(H2,1,2,3,4)/t11-,12?,13+,14+,16-;/m0./s1. The van der Waals surface area contributed by atoms with Crippen molar-refractivity contribution in [1.82, 2.24) is 15.1 Å². The third-order valence-electron chi connectivity index (χ3n) is 6.35. The summed E-state index contributed by atoms with van der Waals surface area (Å²) in [4.78, 5) is 6.71. The molecule has 4 rings (SSSR count). The fourth-order valence-corrected chi connectivity index (χ4v) is 5.92. The fourth-order valence-electron chi connectivity index (χ4n) is 5.51. The molecule has 4 fully saturated rings. The van der Waals surface area contributed by atoms with E-state index in [4.69, 9.17) is 29.7 Å². The van der Waals surface area contributed by atoms with E-state index in [2.05, 4.69) is 22.2 Å². The lowest BCUT2D eigenvalue weighted by Crippen LogP contribution is -2.67. The van der Waals surface area contributed by atoms with Crippen LogP contribution in [-0.4, -0.2) is 77.1 Å². The predicted octanol–water partition coefficient (Wildman–Crippen LogP) is 1.22. The van der Waals surface area contributed by atoms with E-state index in [9.17, 15) is 0 Å². The molecule has 4 aliphatic rings. The molecule has 7 nitrogen and oxygen atoms in total. The molecule has 144 valence electrons. The predicted molar refractivity (Wildman–Crippen MR) is 100 cm³/mol. The monoisotopic (exact) mass is 391 g/mol. The van der Waals surface area contributed by atoms with E-state index in [0.29, 0.717) is 6.04 Å². The van der Waals surface area contributed by atoms with Gasteiger partial charge in [-0.15, -0.1) is 0 Å². The van der Waals surface area contributed by atoms with Crippen LogP contribution >= 0.6 is 12.2 Å². The highest BCUT2D eigenvalue weighted by molar-refractivity contribution is 7.80. The minimum Gasteiger partial charge on any atom is -0.362 e. The van der Waals surface area contributed by atoms with Crippen LogP contribution in [0.15, 0.2) is 0 Å². The molecule has 0 aromatic heterocycles. The smallest absolute Gasteiger partial charge is 0.362 e. The molecule has 5 atom stereocenters. The van der Waals surface area contributed by atoms with E-state index < -0.39 is 10.4 Å². The molecule has 1 unspecified atom stereocenters. The summed E-state index contributed by atoms with van der Waals surface area (Å²) in [6.07, 6.45) is 8.04. The molecule has 25 heavy (non-hydrogen) atoms. The summed E-state index contributed by atoms with van der Waals surface area (Å²) < 4.78 is 31.6. The Bertz CT molecular complexity index is 590. The highest BCUT2D eigenvalue weighted by Gasteiger charge is 2.50. The van der Waals surface area contributed by atoms with Gasteiger partial charge < -0.3 is 10.2 Å². The SMILES string of the molecule is CNC1CC(=S)N2C[C@@H]3CCCN4CCC[C@@H]([C@H]34)[C@H]2C1.O=S(=O)(O)O. The van der Waals surface area contributed by atoms with E-state index in [1.807, 2.05) is 0 Å². The Morgan fingerprint density at radius 1 is 1.20 bits per heavy atom. The molecular weight excluding hydrogens is 362 g/mol. The molecule has 0 spiro atoms. The summed E-state index contributed by atoms with van der Waals surface area (Å²) in [5.74, 6) is 1.76. The van der Waals surface area contributed by atoms with Gasteiger partial charge >= 0.3 is 10.4 Å². The minimum absolute atomic E-state index is 0.610. The summed E-state index contributed by atoms with van der Waals surface area (Å²) in [6, 6.07) is 2.20. The quantitative estimate of drug-likeness (QED) is 0.454. The molecule has 9 heteroatoms. The second kappa shape index (κ2) is 7.74. The second-order valence-electron chi connectivity index (χ2n) is 7.72. The van der Waals surface area contributed by atoms with Gasteiger partial charge in [-0.05, 0) is 64.1 Å². The molecule has 4 aliphatic heterocycles. The van der Waals surface area contributed by atoms with Crippen LogP contribution in [0.2, 0.25) is 0 Å². The zero-order chi connectivity index (χ0) is 18.2. The number of nitrogens with zero attached hydrogens (tertiary/aromatic N) is 2. The summed E-state index contributed by atoms with van der Waals surface area (Å²) in [7, 11) is -2.57. The Labute approximate surface area is 155 Å². The molecule has 0 saturated carbocycles. The minimum atomic E-state index is -4.67. The molecule has 4 heterocycles. The lowest BCUT2D eigenvalue weighted by atomic mass is 9.67. The van der Waals surface area contributed by atoms with Gasteiger partial charge in [0, 0.05) is 31.1 Å². The molecular formula is C16H29N3O4S2. The van der Waals surface area contributed by atoms with E-state index in [1.165, 1.54) is 56.7 Å². The van der Waals surface area contributed by atoms with Gasteiger partial charge in [-0.1, -0.05) is 12.2 Å². The maximum atomic E-state index is 8.74. The summed E-state index contributed by atoms with van der Waals surface area (Å²) in [6.45, 7) is 3.95. The molecule has 0 aromatic rings. The van der Waals surface area contributed by atoms with Crippen molar-refractivity contribution in [2.24, 2.45) is 11.8 Å². The van der Waals surface area contributed by atoms with Crippen molar-refractivity contribution in [3.05, 3.63) is 0 Å². The van der Waals surface area contributed by atoms with Crippen LogP contribution in [-0.2, 0) is 10.4 Å². The van der Waals surface area contributed by atoms with Gasteiger partial charge in [-0.2, -0.15) is 8.42 Å². The van der Waals surface area contributed by atoms with Crippen molar-refractivity contribution in [2.75, 3.05) is 26.7 Å². The van der Waals surface area contributed by atoms with E-state index in [0.717, 1.165) is 30.3 Å². The van der Waals surface area contributed by atoms with Crippen LogP contribution in [0.5, 0.6) is 0 Å². The maximum absolute atomic E-state index is 8.74. The van der Waals surface area contributed by atoms with Crippen LogP contribution < -0.4 is 5.32 Å². The van der Waals surface area contributed by atoms with Crippen molar-refractivity contribution in [2.45, 2.75) is 56.7 Å². The normalized spacial score (nSPS) is 38.3. The van der Waals surface area contributed by atoms with Gasteiger partial charge in [0.1, 0.15) is 0 Å². The van der Waals surface area contributed by atoms with Crippen molar-refractivity contribution in [1.29, 1.82) is 0 Å². The van der Waals surface area contributed by atoms with Crippen LogP contribution in [0.3, 0.4) is 0 Å². The Hall–Kier alpha value is -0.320. The highest BCUT2D eigenvalue weighted by atomic mass is 32.3. The zero-order valence-electron chi connectivity index (χ0n) is 14.7. The average Bonchev–Trinajstić information content (AvgIpc) is 2.54. The topological polar surface area (TPSA) is 93.1 Å². The molecule has 0 aliphatic carbocycles. The summed E-state index contributed by atoms with van der Waals surface area (Å²) in [5.41, 5.74) is 0. The van der Waals surface area contributed by atoms with E-state index >= 15 is 0 Å². The second-order valence-corrected chi connectivity index (χ2v) is 9.09. The van der Waals surface area contributed by atoms with Gasteiger partial charge in [0.2, 0.25) is 0 Å². The highest BCUT2D eigenvalue weighted by Crippen LogP contribution is 2.44. The maximum Gasteiger partial charge on any atom is 0.394 e. The number of hydrogen-bond acceptors (Lipinski definition) is 5. The van der Waals surface area contributed by atoms with Gasteiger partial charge in [-0.25, -0.2) is 0 Å². The first-order valence-electron chi connectivity index (χ1n) is 9.18. The van der Waals surface area contributed by atoms with Gasteiger partial charge in [-0.3, -0.25) is 14.0 Å².